The summed E-state index contributed by atoms with van der Waals surface area (Å²) in [5.74, 6) is 0.389. The molecular weight excluding hydrogens is 290 g/mol. The number of fused-ring (bicyclic) bond motifs is 1. The molecule has 0 bridgehead atoms. The summed E-state index contributed by atoms with van der Waals surface area (Å²) in [5, 5.41) is 9.66. The van der Waals surface area contributed by atoms with Crippen molar-refractivity contribution in [2.45, 2.75) is 6.04 Å². The van der Waals surface area contributed by atoms with E-state index in [0.29, 0.717) is 17.0 Å². The van der Waals surface area contributed by atoms with Crippen molar-refractivity contribution in [3.8, 4) is 11.8 Å². The maximum Gasteiger partial charge on any atom is 0.262 e. The topological polar surface area (TPSA) is 56.6 Å². The van der Waals surface area contributed by atoms with Gasteiger partial charge in [-0.05, 0) is 18.2 Å². The first-order chi connectivity index (χ1) is 11.1. The number of carbonyl (C=O) groups is 1. The molecule has 5 nitrogen and oxygen atoms in total. The van der Waals surface area contributed by atoms with Gasteiger partial charge in [0.2, 0.25) is 0 Å². The standard InChI is InChI=1S/C18H17N3O2/c1-20(2)14-9-6-7-12-15(11-19)21(18(22)17(12)14)13-8-4-5-10-16(13)23-3/h4-10,15H,1-3H3. The number of para-hydroxylation sites is 2. The third-order valence-electron chi connectivity index (χ3n) is 4.01. The summed E-state index contributed by atoms with van der Waals surface area (Å²) in [6.07, 6.45) is 0. The fourth-order valence-corrected chi connectivity index (χ4v) is 2.97. The zero-order chi connectivity index (χ0) is 16.6. The second-order valence-corrected chi connectivity index (χ2v) is 5.51. The lowest BCUT2D eigenvalue weighted by atomic mass is 10.0. The molecular formula is C18H17N3O2. The maximum absolute atomic E-state index is 13.1. The first kappa shape index (κ1) is 14.9. The van der Waals surface area contributed by atoms with Crippen molar-refractivity contribution < 1.29 is 9.53 Å². The number of benzene rings is 2. The van der Waals surface area contributed by atoms with Gasteiger partial charge < -0.3 is 9.64 Å². The van der Waals surface area contributed by atoms with E-state index < -0.39 is 6.04 Å². The van der Waals surface area contributed by atoms with E-state index in [2.05, 4.69) is 6.07 Å². The van der Waals surface area contributed by atoms with Gasteiger partial charge in [0, 0.05) is 25.3 Å². The van der Waals surface area contributed by atoms with Gasteiger partial charge in [-0.15, -0.1) is 0 Å². The Bertz CT molecular complexity index is 808. The van der Waals surface area contributed by atoms with Gasteiger partial charge in [0.15, 0.2) is 6.04 Å². The molecule has 2 aromatic carbocycles. The quantitative estimate of drug-likeness (QED) is 0.874. The van der Waals surface area contributed by atoms with E-state index in [-0.39, 0.29) is 5.91 Å². The Morgan fingerprint density at radius 1 is 1.17 bits per heavy atom. The molecule has 0 saturated carbocycles. The monoisotopic (exact) mass is 307 g/mol. The highest BCUT2D eigenvalue weighted by atomic mass is 16.5. The molecule has 1 heterocycles. The normalized spacial score (nSPS) is 16.0. The smallest absolute Gasteiger partial charge is 0.262 e. The van der Waals surface area contributed by atoms with Crippen LogP contribution in [-0.2, 0) is 0 Å². The Hall–Kier alpha value is -3.00. The van der Waals surface area contributed by atoms with E-state index in [0.717, 1.165) is 11.3 Å². The molecule has 0 aromatic heterocycles. The van der Waals surface area contributed by atoms with Crippen LogP contribution in [0.3, 0.4) is 0 Å². The lowest BCUT2D eigenvalue weighted by molar-refractivity contribution is 0.0994. The van der Waals surface area contributed by atoms with Crippen molar-refractivity contribution in [3.05, 3.63) is 53.6 Å². The maximum atomic E-state index is 13.1. The van der Waals surface area contributed by atoms with Crippen LogP contribution in [-0.4, -0.2) is 27.1 Å². The van der Waals surface area contributed by atoms with Crippen LogP contribution in [0, 0.1) is 11.3 Å². The SMILES string of the molecule is COc1ccccc1N1C(=O)c2c(cccc2N(C)C)C1C#N. The number of anilines is 2. The van der Waals surface area contributed by atoms with E-state index in [1.165, 1.54) is 4.90 Å². The Labute approximate surface area is 135 Å². The van der Waals surface area contributed by atoms with Crippen molar-refractivity contribution in [2.24, 2.45) is 0 Å². The first-order valence-corrected chi connectivity index (χ1v) is 7.26. The second-order valence-electron chi connectivity index (χ2n) is 5.51. The van der Waals surface area contributed by atoms with Crippen molar-refractivity contribution in [2.75, 3.05) is 31.0 Å². The number of carbonyl (C=O) groups excluding carboxylic acids is 1. The van der Waals surface area contributed by atoms with E-state index in [9.17, 15) is 10.1 Å². The molecule has 2 aromatic rings. The largest absolute Gasteiger partial charge is 0.495 e. The van der Waals surface area contributed by atoms with Crippen LogP contribution in [0.1, 0.15) is 22.0 Å². The van der Waals surface area contributed by atoms with Gasteiger partial charge >= 0.3 is 0 Å². The van der Waals surface area contributed by atoms with Gasteiger partial charge in [-0.3, -0.25) is 9.69 Å². The Kier molecular flexibility index (Phi) is 3.67. The fourth-order valence-electron chi connectivity index (χ4n) is 2.97. The third-order valence-corrected chi connectivity index (χ3v) is 4.01. The number of nitriles is 1. The molecule has 0 fully saturated rings. The Balaban J connectivity index is 2.21. The summed E-state index contributed by atoms with van der Waals surface area (Å²) in [6.45, 7) is 0. The van der Waals surface area contributed by atoms with E-state index in [1.54, 1.807) is 19.2 Å². The minimum Gasteiger partial charge on any atom is -0.495 e. The highest BCUT2D eigenvalue weighted by molar-refractivity contribution is 6.15. The molecule has 0 spiro atoms. The Morgan fingerprint density at radius 3 is 2.57 bits per heavy atom. The molecule has 0 N–H and O–H groups in total. The van der Waals surface area contributed by atoms with Gasteiger partial charge in [0.25, 0.3) is 5.91 Å². The van der Waals surface area contributed by atoms with Gasteiger partial charge in [0.1, 0.15) is 5.75 Å². The van der Waals surface area contributed by atoms with E-state index >= 15 is 0 Å². The minimum absolute atomic E-state index is 0.180. The molecule has 0 saturated heterocycles. The van der Waals surface area contributed by atoms with Crippen LogP contribution >= 0.6 is 0 Å². The average molecular weight is 307 g/mol. The lowest BCUT2D eigenvalue weighted by Gasteiger charge is -2.22. The van der Waals surface area contributed by atoms with Gasteiger partial charge in [-0.1, -0.05) is 24.3 Å². The van der Waals surface area contributed by atoms with E-state index in [4.69, 9.17) is 4.74 Å². The fraction of sp³-hybridized carbons (Fsp3) is 0.222. The lowest BCUT2D eigenvalue weighted by Crippen LogP contribution is -2.28. The predicted octanol–water partition coefficient (Wildman–Crippen LogP) is 2.99. The molecule has 1 amide bonds. The molecule has 0 radical (unpaired) electrons. The summed E-state index contributed by atoms with van der Waals surface area (Å²) < 4.78 is 5.36. The van der Waals surface area contributed by atoms with Crippen molar-refractivity contribution >= 4 is 17.3 Å². The Morgan fingerprint density at radius 2 is 1.91 bits per heavy atom. The number of rotatable bonds is 3. The van der Waals surface area contributed by atoms with Crippen molar-refractivity contribution in [1.29, 1.82) is 5.26 Å². The molecule has 0 aliphatic carbocycles. The summed E-state index contributed by atoms with van der Waals surface area (Å²) in [6, 6.07) is 14.4. The number of hydrogen-bond acceptors (Lipinski definition) is 4. The summed E-state index contributed by atoms with van der Waals surface area (Å²) in [4.78, 5) is 16.4. The molecule has 1 aliphatic rings. The number of methoxy groups -OCH3 is 1. The zero-order valence-corrected chi connectivity index (χ0v) is 13.3. The van der Waals surface area contributed by atoms with Crippen LogP contribution in [0.15, 0.2) is 42.5 Å². The zero-order valence-electron chi connectivity index (χ0n) is 13.3. The van der Waals surface area contributed by atoms with Crippen molar-refractivity contribution in [3.63, 3.8) is 0 Å². The van der Waals surface area contributed by atoms with E-state index in [1.807, 2.05) is 49.3 Å². The molecule has 116 valence electrons. The van der Waals surface area contributed by atoms with Gasteiger partial charge in [-0.25, -0.2) is 0 Å². The van der Waals surface area contributed by atoms with Crippen molar-refractivity contribution in [1.82, 2.24) is 0 Å². The summed E-state index contributed by atoms with van der Waals surface area (Å²) in [7, 11) is 5.32. The third kappa shape index (κ3) is 2.20. The average Bonchev–Trinajstić information content (AvgIpc) is 2.86. The van der Waals surface area contributed by atoms with Crippen LogP contribution in [0.5, 0.6) is 5.75 Å². The first-order valence-electron chi connectivity index (χ1n) is 7.26. The second kappa shape index (κ2) is 5.65. The summed E-state index contributed by atoms with van der Waals surface area (Å²) >= 11 is 0. The minimum atomic E-state index is -0.659. The number of ether oxygens (including phenoxy) is 1. The molecule has 3 rings (SSSR count). The van der Waals surface area contributed by atoms with Crippen LogP contribution in [0.25, 0.3) is 0 Å². The molecule has 1 aliphatic heterocycles. The molecule has 1 unspecified atom stereocenters. The van der Waals surface area contributed by atoms with Gasteiger partial charge in [0.05, 0.1) is 24.4 Å². The highest BCUT2D eigenvalue weighted by Gasteiger charge is 2.40. The number of nitrogens with zero attached hydrogens (tertiary/aromatic N) is 3. The van der Waals surface area contributed by atoms with Crippen LogP contribution in [0.4, 0.5) is 11.4 Å². The molecule has 1 atom stereocenters. The number of hydrogen-bond donors (Lipinski definition) is 0. The highest BCUT2D eigenvalue weighted by Crippen LogP contribution is 2.43. The summed E-state index contributed by atoms with van der Waals surface area (Å²) in [5.41, 5.74) is 2.72. The van der Waals surface area contributed by atoms with Crippen LogP contribution in [0.2, 0.25) is 0 Å². The molecule has 23 heavy (non-hydrogen) atoms. The van der Waals surface area contributed by atoms with Gasteiger partial charge in [-0.2, -0.15) is 5.26 Å². The molecule has 5 heteroatoms. The number of amides is 1. The predicted molar refractivity (Wildman–Crippen MR) is 88.9 cm³/mol. The van der Waals surface area contributed by atoms with Crippen LogP contribution < -0.4 is 14.5 Å².